The number of nitrogen functional groups attached to an aromatic ring is 1. The molecule has 4 heteroatoms. The van der Waals surface area contributed by atoms with Crippen molar-refractivity contribution < 1.29 is 0 Å². The van der Waals surface area contributed by atoms with Crippen molar-refractivity contribution >= 4 is 59.4 Å². The molecule has 2 N–H and O–H groups in total. The van der Waals surface area contributed by atoms with Gasteiger partial charge in [0.1, 0.15) is 0 Å². The molecule has 0 atom stereocenters. The minimum absolute atomic E-state index is 0.822. The van der Waals surface area contributed by atoms with Gasteiger partial charge in [-0.1, -0.05) is 50.1 Å². The van der Waals surface area contributed by atoms with E-state index in [-0.39, 0.29) is 0 Å². The lowest BCUT2D eigenvalue weighted by Crippen LogP contribution is -1.85. The number of aryl methyl sites for hydroxylation is 1. The molecule has 1 aromatic heterocycles. The molecule has 0 spiro atoms. The van der Waals surface area contributed by atoms with E-state index in [2.05, 4.69) is 79.9 Å². The molecule has 0 aliphatic rings. The Bertz CT molecular complexity index is 900. The van der Waals surface area contributed by atoms with Gasteiger partial charge in [-0.25, -0.2) is 0 Å². The molecule has 4 aromatic rings. The van der Waals surface area contributed by atoms with Gasteiger partial charge < -0.3 is 10.3 Å². The minimum atomic E-state index is 0.822. The zero-order chi connectivity index (χ0) is 16.4. The van der Waals surface area contributed by atoms with Crippen LogP contribution < -0.4 is 5.73 Å². The SMILES string of the molecule is Cn1c2ccc(Br)cc2c2cc(Br)ccc21.Nc1ccccc1. The van der Waals surface area contributed by atoms with Crippen molar-refractivity contribution in [3.8, 4) is 0 Å². The lowest BCUT2D eigenvalue weighted by Gasteiger charge is -1.97. The predicted octanol–water partition coefficient (Wildman–Crippen LogP) is 6.13. The zero-order valence-electron chi connectivity index (χ0n) is 12.6. The Labute approximate surface area is 152 Å². The highest BCUT2D eigenvalue weighted by Crippen LogP contribution is 2.31. The van der Waals surface area contributed by atoms with Crippen molar-refractivity contribution in [2.75, 3.05) is 5.73 Å². The summed E-state index contributed by atoms with van der Waals surface area (Å²) in [6.45, 7) is 0. The van der Waals surface area contributed by atoms with E-state index in [0.717, 1.165) is 14.6 Å². The third-order valence-corrected chi connectivity index (χ3v) is 4.72. The first-order valence-corrected chi connectivity index (χ1v) is 8.78. The molecule has 0 radical (unpaired) electrons. The van der Waals surface area contributed by atoms with Gasteiger partial charge in [0.2, 0.25) is 0 Å². The third kappa shape index (κ3) is 3.43. The van der Waals surface area contributed by atoms with Crippen molar-refractivity contribution in [3.05, 3.63) is 75.7 Å². The number of para-hydroxylation sites is 1. The molecule has 0 fully saturated rings. The number of nitrogens with zero attached hydrogens (tertiary/aromatic N) is 1. The molecule has 0 aliphatic carbocycles. The predicted molar refractivity (Wildman–Crippen MR) is 107 cm³/mol. The number of aromatic nitrogens is 1. The van der Waals surface area contributed by atoms with Crippen LogP contribution in [0.2, 0.25) is 0 Å². The van der Waals surface area contributed by atoms with Crippen molar-refractivity contribution in [1.29, 1.82) is 0 Å². The summed E-state index contributed by atoms with van der Waals surface area (Å²) in [5.41, 5.74) is 8.70. The average molecular weight is 432 g/mol. The Morgan fingerprint density at radius 2 is 1.22 bits per heavy atom. The smallest absolute Gasteiger partial charge is 0.0489 e. The third-order valence-electron chi connectivity index (χ3n) is 3.73. The highest BCUT2D eigenvalue weighted by atomic mass is 79.9. The number of benzene rings is 3. The van der Waals surface area contributed by atoms with Crippen LogP contribution in [0.5, 0.6) is 0 Å². The minimum Gasteiger partial charge on any atom is -0.399 e. The number of rotatable bonds is 0. The topological polar surface area (TPSA) is 30.9 Å². The van der Waals surface area contributed by atoms with E-state index in [1.54, 1.807) is 0 Å². The Morgan fingerprint density at radius 3 is 1.61 bits per heavy atom. The Hall–Kier alpha value is -1.78. The van der Waals surface area contributed by atoms with E-state index >= 15 is 0 Å². The van der Waals surface area contributed by atoms with Crippen LogP contribution in [-0.4, -0.2) is 4.57 Å². The van der Waals surface area contributed by atoms with Gasteiger partial charge in [-0.05, 0) is 48.5 Å². The van der Waals surface area contributed by atoms with Crippen LogP contribution >= 0.6 is 31.9 Å². The maximum absolute atomic E-state index is 5.36. The van der Waals surface area contributed by atoms with Crippen LogP contribution in [0.25, 0.3) is 21.8 Å². The maximum atomic E-state index is 5.36. The molecule has 0 saturated carbocycles. The number of hydrogen-bond donors (Lipinski definition) is 1. The first kappa shape index (κ1) is 16.1. The Kier molecular flexibility index (Phi) is 4.74. The number of halogens is 2. The van der Waals surface area contributed by atoms with Gasteiger partial charge in [0, 0.05) is 43.5 Å². The molecule has 23 heavy (non-hydrogen) atoms. The van der Waals surface area contributed by atoms with Crippen LogP contribution in [0.15, 0.2) is 75.7 Å². The van der Waals surface area contributed by atoms with Gasteiger partial charge in [0.15, 0.2) is 0 Å². The van der Waals surface area contributed by atoms with Gasteiger partial charge in [-0.2, -0.15) is 0 Å². The van der Waals surface area contributed by atoms with Crippen LogP contribution in [0.3, 0.4) is 0 Å². The van der Waals surface area contributed by atoms with Crippen molar-refractivity contribution in [1.82, 2.24) is 4.57 Å². The molecule has 3 aromatic carbocycles. The van der Waals surface area contributed by atoms with E-state index in [1.165, 1.54) is 21.8 Å². The normalized spacial score (nSPS) is 10.6. The molecule has 0 saturated heterocycles. The summed E-state index contributed by atoms with van der Waals surface area (Å²) >= 11 is 7.05. The largest absolute Gasteiger partial charge is 0.399 e. The molecule has 0 bridgehead atoms. The number of nitrogens with two attached hydrogens (primary N) is 1. The lowest BCUT2D eigenvalue weighted by molar-refractivity contribution is 1.01. The fourth-order valence-corrected chi connectivity index (χ4v) is 3.34. The van der Waals surface area contributed by atoms with Gasteiger partial charge in [0.05, 0.1) is 0 Å². The lowest BCUT2D eigenvalue weighted by atomic mass is 10.2. The van der Waals surface area contributed by atoms with Crippen LogP contribution in [0.4, 0.5) is 5.69 Å². The monoisotopic (exact) mass is 430 g/mol. The van der Waals surface area contributed by atoms with Gasteiger partial charge in [-0.15, -0.1) is 0 Å². The molecule has 116 valence electrons. The Balaban J connectivity index is 0.000000188. The summed E-state index contributed by atoms with van der Waals surface area (Å²) in [6, 6.07) is 22.3. The van der Waals surface area contributed by atoms with Gasteiger partial charge >= 0.3 is 0 Å². The van der Waals surface area contributed by atoms with Crippen LogP contribution in [0.1, 0.15) is 0 Å². The Morgan fingerprint density at radius 1 is 0.739 bits per heavy atom. The number of anilines is 1. The standard InChI is InChI=1S/C13H9Br2N.C6H7N/c1-16-12-4-2-8(14)6-10(12)11-7-9(15)3-5-13(11)16;7-6-4-2-1-3-5-6/h2-7H,1H3;1-5H,7H2. The van der Waals surface area contributed by atoms with Gasteiger partial charge in [-0.3, -0.25) is 0 Å². The second kappa shape index (κ2) is 6.77. The molecule has 2 nitrogen and oxygen atoms in total. The summed E-state index contributed by atoms with van der Waals surface area (Å²) in [5.74, 6) is 0. The molecular weight excluding hydrogens is 416 g/mol. The van der Waals surface area contributed by atoms with E-state index < -0.39 is 0 Å². The quantitative estimate of drug-likeness (QED) is 0.334. The average Bonchev–Trinajstić information content (AvgIpc) is 2.81. The maximum Gasteiger partial charge on any atom is 0.0489 e. The van der Waals surface area contributed by atoms with Crippen molar-refractivity contribution in [2.45, 2.75) is 0 Å². The highest BCUT2D eigenvalue weighted by Gasteiger charge is 2.08. The summed E-state index contributed by atoms with van der Waals surface area (Å²) in [7, 11) is 2.10. The van der Waals surface area contributed by atoms with Gasteiger partial charge in [0.25, 0.3) is 0 Å². The second-order valence-electron chi connectivity index (χ2n) is 5.29. The molecule has 0 amide bonds. The fraction of sp³-hybridized carbons (Fsp3) is 0.0526. The van der Waals surface area contributed by atoms with Crippen LogP contribution in [0, 0.1) is 0 Å². The summed E-state index contributed by atoms with van der Waals surface area (Å²) < 4.78 is 4.46. The first-order chi connectivity index (χ1) is 11.1. The van der Waals surface area contributed by atoms with E-state index in [9.17, 15) is 0 Å². The highest BCUT2D eigenvalue weighted by molar-refractivity contribution is 9.10. The summed E-state index contributed by atoms with van der Waals surface area (Å²) in [4.78, 5) is 0. The molecule has 0 aliphatic heterocycles. The first-order valence-electron chi connectivity index (χ1n) is 7.20. The second-order valence-corrected chi connectivity index (χ2v) is 7.12. The number of hydrogen-bond acceptors (Lipinski definition) is 1. The molecule has 4 rings (SSSR count). The van der Waals surface area contributed by atoms with Crippen molar-refractivity contribution in [2.24, 2.45) is 7.05 Å². The zero-order valence-corrected chi connectivity index (χ0v) is 15.8. The van der Waals surface area contributed by atoms with Crippen LogP contribution in [-0.2, 0) is 7.05 Å². The number of fused-ring (bicyclic) bond motifs is 3. The summed E-state index contributed by atoms with van der Waals surface area (Å²) in [5, 5.41) is 2.57. The van der Waals surface area contributed by atoms with E-state index in [4.69, 9.17) is 5.73 Å². The summed E-state index contributed by atoms with van der Waals surface area (Å²) in [6.07, 6.45) is 0. The fourth-order valence-electron chi connectivity index (χ4n) is 2.62. The molecular formula is C19H16Br2N2. The van der Waals surface area contributed by atoms with E-state index in [1.807, 2.05) is 30.3 Å². The van der Waals surface area contributed by atoms with Crippen molar-refractivity contribution in [3.63, 3.8) is 0 Å². The molecule has 0 unspecified atom stereocenters. The molecule has 1 heterocycles. The van der Waals surface area contributed by atoms with E-state index in [0.29, 0.717) is 0 Å².